The number of carbonyl (C=O) groups excluding carboxylic acids is 1. The van der Waals surface area contributed by atoms with E-state index in [1.807, 2.05) is 17.9 Å². The van der Waals surface area contributed by atoms with Crippen LogP contribution in [0, 0.1) is 0 Å². The molecule has 68 valence electrons. The molecule has 1 fully saturated rings. The Bertz CT molecular complexity index is 221. The number of rotatable bonds is 2. The molecule has 1 saturated heterocycles. The fourth-order valence-electron chi connectivity index (χ4n) is 1.38. The number of amides is 1. The molecule has 1 amide bonds. The summed E-state index contributed by atoms with van der Waals surface area (Å²) in [5.41, 5.74) is -0.252. The lowest BCUT2D eigenvalue weighted by molar-refractivity contribution is 0.195. The van der Waals surface area contributed by atoms with Crippen molar-refractivity contribution in [3.05, 3.63) is 9.84 Å². The Kier molecular flexibility index (Phi) is 2.98. The zero-order valence-corrected chi connectivity index (χ0v) is 9.34. The van der Waals surface area contributed by atoms with Crippen molar-refractivity contribution >= 4 is 28.7 Å². The van der Waals surface area contributed by atoms with Crippen molar-refractivity contribution in [2.24, 2.45) is 0 Å². The second-order valence-corrected chi connectivity index (χ2v) is 3.40. The van der Waals surface area contributed by atoms with Crippen LogP contribution in [0.2, 0.25) is 0 Å². The maximum atomic E-state index is 11.0. The first-order valence-corrected chi connectivity index (χ1v) is 5.24. The number of hydrogen-bond acceptors (Lipinski definition) is 2. The maximum absolute atomic E-state index is 11.0. The van der Waals surface area contributed by atoms with Crippen LogP contribution in [0.15, 0.2) is 9.84 Å². The van der Waals surface area contributed by atoms with E-state index >= 15 is 0 Å². The van der Waals surface area contributed by atoms with Gasteiger partial charge in [0.05, 0.1) is 0 Å². The van der Waals surface area contributed by atoms with Gasteiger partial charge in [-0.25, -0.2) is 4.79 Å². The Hall–Kier alpha value is -0.260. The van der Waals surface area contributed by atoms with Crippen molar-refractivity contribution in [2.45, 2.75) is 32.2 Å². The first-order valence-electron chi connectivity index (χ1n) is 3.99. The fraction of sp³-hybridized carbons (Fsp3) is 0.625. The van der Waals surface area contributed by atoms with E-state index in [1.54, 1.807) is 0 Å². The van der Waals surface area contributed by atoms with E-state index in [9.17, 15) is 4.79 Å². The zero-order chi connectivity index (χ0) is 9.19. The fourth-order valence-corrected chi connectivity index (χ4v) is 2.11. The van der Waals surface area contributed by atoms with Gasteiger partial charge in [0.1, 0.15) is 11.3 Å². The molecule has 12 heavy (non-hydrogen) atoms. The third-order valence-corrected chi connectivity index (χ3v) is 2.89. The molecular formula is C8H12INO2. The van der Waals surface area contributed by atoms with E-state index < -0.39 is 0 Å². The molecule has 0 spiro atoms. The molecule has 4 heteroatoms. The minimum absolute atomic E-state index is 0.252. The van der Waals surface area contributed by atoms with E-state index in [2.05, 4.69) is 27.9 Å². The molecule has 1 rings (SSSR count). The first kappa shape index (κ1) is 9.83. The van der Waals surface area contributed by atoms with Gasteiger partial charge in [0.15, 0.2) is 0 Å². The van der Waals surface area contributed by atoms with Gasteiger partial charge in [-0.05, 0) is 35.4 Å². The van der Waals surface area contributed by atoms with Gasteiger partial charge in [0.25, 0.3) is 0 Å². The molecule has 0 aromatic carbocycles. The Morgan fingerprint density at radius 2 is 2.17 bits per heavy atom. The molecule has 1 heterocycles. The van der Waals surface area contributed by atoms with E-state index in [0.717, 1.165) is 18.6 Å². The van der Waals surface area contributed by atoms with E-state index in [1.165, 1.54) is 0 Å². The number of carbonyl (C=O) groups is 1. The predicted octanol–water partition coefficient (Wildman–Crippen LogP) is 2.56. The molecule has 3 nitrogen and oxygen atoms in total. The highest BCUT2D eigenvalue weighted by atomic mass is 127. The molecule has 1 aliphatic heterocycles. The van der Waals surface area contributed by atoms with E-state index in [-0.39, 0.29) is 11.6 Å². The monoisotopic (exact) mass is 281 g/mol. The number of nitrogens with one attached hydrogen (secondary N) is 1. The summed E-state index contributed by atoms with van der Waals surface area (Å²) in [4.78, 5) is 11.0. The van der Waals surface area contributed by atoms with Crippen LogP contribution in [0.4, 0.5) is 4.79 Å². The van der Waals surface area contributed by atoms with Crippen LogP contribution in [0.5, 0.6) is 0 Å². The Balaban J connectivity index is 2.94. The molecule has 0 unspecified atom stereocenters. The van der Waals surface area contributed by atoms with Gasteiger partial charge < -0.3 is 10.1 Å². The average molecular weight is 281 g/mol. The van der Waals surface area contributed by atoms with Crippen molar-refractivity contribution < 1.29 is 9.53 Å². The normalized spacial score (nSPS) is 23.9. The SMILES string of the molecule is CCC1(CC)NC(=O)O/C1=C/I. The lowest BCUT2D eigenvalue weighted by Gasteiger charge is -2.23. The zero-order valence-electron chi connectivity index (χ0n) is 7.19. The lowest BCUT2D eigenvalue weighted by atomic mass is 9.92. The third kappa shape index (κ3) is 1.44. The highest BCUT2D eigenvalue weighted by Crippen LogP contribution is 2.31. The van der Waals surface area contributed by atoms with Gasteiger partial charge in [0.2, 0.25) is 0 Å². The summed E-state index contributed by atoms with van der Waals surface area (Å²) >= 11 is 2.09. The molecule has 0 atom stereocenters. The number of halogens is 1. The average Bonchev–Trinajstić information content (AvgIpc) is 2.42. The second kappa shape index (κ2) is 3.64. The van der Waals surface area contributed by atoms with Crippen LogP contribution in [0.3, 0.4) is 0 Å². The Morgan fingerprint density at radius 1 is 1.58 bits per heavy atom. The summed E-state index contributed by atoms with van der Waals surface area (Å²) in [6, 6.07) is 0. The third-order valence-electron chi connectivity index (χ3n) is 2.32. The molecule has 0 aromatic rings. The van der Waals surface area contributed by atoms with Gasteiger partial charge in [0, 0.05) is 4.08 Å². The predicted molar refractivity (Wildman–Crippen MR) is 55.0 cm³/mol. The van der Waals surface area contributed by atoms with Crippen LogP contribution in [0.25, 0.3) is 0 Å². The van der Waals surface area contributed by atoms with Crippen molar-refractivity contribution in [1.82, 2.24) is 5.32 Å². The van der Waals surface area contributed by atoms with E-state index in [0.29, 0.717) is 0 Å². The summed E-state index contributed by atoms with van der Waals surface area (Å²) in [5.74, 6) is 0.748. The van der Waals surface area contributed by atoms with Crippen molar-refractivity contribution in [3.63, 3.8) is 0 Å². The molecule has 0 saturated carbocycles. The summed E-state index contributed by atoms with van der Waals surface area (Å²) < 4.78 is 6.83. The maximum Gasteiger partial charge on any atom is 0.413 e. The number of hydrogen-bond donors (Lipinski definition) is 1. The van der Waals surface area contributed by atoms with Crippen molar-refractivity contribution in [1.29, 1.82) is 0 Å². The summed E-state index contributed by atoms with van der Waals surface area (Å²) in [7, 11) is 0. The molecule has 1 N–H and O–H groups in total. The topological polar surface area (TPSA) is 38.3 Å². The minimum Gasteiger partial charge on any atom is -0.412 e. The molecule has 0 aromatic heterocycles. The Morgan fingerprint density at radius 3 is 2.50 bits per heavy atom. The quantitative estimate of drug-likeness (QED) is 0.790. The second-order valence-electron chi connectivity index (χ2n) is 2.78. The smallest absolute Gasteiger partial charge is 0.412 e. The highest BCUT2D eigenvalue weighted by Gasteiger charge is 2.41. The molecular weight excluding hydrogens is 269 g/mol. The van der Waals surface area contributed by atoms with Crippen LogP contribution >= 0.6 is 22.6 Å². The van der Waals surface area contributed by atoms with Crippen LogP contribution in [-0.4, -0.2) is 11.6 Å². The van der Waals surface area contributed by atoms with Crippen LogP contribution in [-0.2, 0) is 4.74 Å². The molecule has 0 radical (unpaired) electrons. The van der Waals surface area contributed by atoms with Gasteiger partial charge in [-0.15, -0.1) is 0 Å². The Labute approximate surface area is 85.7 Å². The first-order chi connectivity index (χ1) is 5.68. The molecule has 0 aliphatic carbocycles. The number of ether oxygens (including phenoxy) is 1. The van der Waals surface area contributed by atoms with E-state index in [4.69, 9.17) is 4.74 Å². The van der Waals surface area contributed by atoms with Crippen molar-refractivity contribution in [3.8, 4) is 0 Å². The lowest BCUT2D eigenvalue weighted by Crippen LogP contribution is -2.40. The molecule has 0 bridgehead atoms. The summed E-state index contributed by atoms with van der Waals surface area (Å²) in [5, 5.41) is 2.83. The van der Waals surface area contributed by atoms with Crippen molar-refractivity contribution in [2.75, 3.05) is 0 Å². The van der Waals surface area contributed by atoms with Gasteiger partial charge in [-0.3, -0.25) is 0 Å². The summed E-state index contributed by atoms with van der Waals surface area (Å²) in [6.45, 7) is 4.08. The highest BCUT2D eigenvalue weighted by molar-refractivity contribution is 14.1. The molecule has 1 aliphatic rings. The van der Waals surface area contributed by atoms with Gasteiger partial charge >= 0.3 is 6.09 Å². The van der Waals surface area contributed by atoms with Crippen LogP contribution < -0.4 is 5.32 Å². The number of alkyl carbamates (subject to hydrolysis) is 1. The van der Waals surface area contributed by atoms with Gasteiger partial charge in [-0.2, -0.15) is 0 Å². The number of cyclic esters (lactones) is 1. The largest absolute Gasteiger partial charge is 0.413 e. The summed E-state index contributed by atoms with van der Waals surface area (Å²) in [6.07, 6.45) is 1.40. The minimum atomic E-state index is -0.332. The standard InChI is InChI=1S/C8H12INO2/c1-3-8(4-2)6(5-9)12-7(11)10-8/h5H,3-4H2,1-2H3,(H,10,11)/b6-5+. The van der Waals surface area contributed by atoms with Crippen LogP contribution in [0.1, 0.15) is 26.7 Å². The van der Waals surface area contributed by atoms with Gasteiger partial charge in [-0.1, -0.05) is 13.8 Å².